The molecule has 0 unspecified atom stereocenters. The zero-order valence-electron chi connectivity index (χ0n) is 16.5. The summed E-state index contributed by atoms with van der Waals surface area (Å²) in [7, 11) is -2.00. The number of amides is 1. The van der Waals surface area contributed by atoms with Crippen molar-refractivity contribution in [2.24, 2.45) is 5.92 Å². The van der Waals surface area contributed by atoms with Gasteiger partial charge in [-0.1, -0.05) is 23.2 Å². The van der Waals surface area contributed by atoms with Gasteiger partial charge in [0.15, 0.2) is 0 Å². The first-order valence-corrected chi connectivity index (χ1v) is 11.7. The molecule has 0 radical (unpaired) electrons. The molecule has 7 nitrogen and oxygen atoms in total. The lowest BCUT2D eigenvalue weighted by atomic mass is 9.97. The zero-order chi connectivity index (χ0) is 21.7. The quantitative estimate of drug-likeness (QED) is 0.578. The van der Waals surface area contributed by atoms with Crippen molar-refractivity contribution in [2.45, 2.75) is 17.7 Å². The minimum atomic E-state index is -3.73. The van der Waals surface area contributed by atoms with E-state index in [1.54, 1.807) is 36.2 Å². The Bertz CT molecular complexity index is 978. The van der Waals surface area contributed by atoms with E-state index in [9.17, 15) is 13.2 Å². The summed E-state index contributed by atoms with van der Waals surface area (Å²) in [5.74, 6) is 0.459. The third kappa shape index (κ3) is 5.43. The monoisotopic (exact) mass is 471 g/mol. The van der Waals surface area contributed by atoms with Crippen LogP contribution < -0.4 is 4.74 Å². The second kappa shape index (κ2) is 9.96. The van der Waals surface area contributed by atoms with Gasteiger partial charge in [0.1, 0.15) is 22.4 Å². The first kappa shape index (κ1) is 22.8. The number of carbonyl (C=O) groups is 1. The molecule has 0 saturated carbocycles. The van der Waals surface area contributed by atoms with E-state index in [0.29, 0.717) is 36.8 Å². The van der Waals surface area contributed by atoms with Gasteiger partial charge in [-0.05, 0) is 49.2 Å². The molecule has 1 amide bonds. The molecular weight excluding hydrogens is 449 g/mol. The predicted octanol–water partition coefficient (Wildman–Crippen LogP) is 3.33. The Hall–Kier alpha value is -1.87. The summed E-state index contributed by atoms with van der Waals surface area (Å²) in [6.45, 7) is 1.32. The molecular formula is C20H23Cl2N3O4S. The second-order valence-electron chi connectivity index (χ2n) is 7.03. The first-order chi connectivity index (χ1) is 14.3. The normalized spacial score (nSPS) is 15.7. The van der Waals surface area contributed by atoms with Gasteiger partial charge < -0.3 is 9.64 Å². The van der Waals surface area contributed by atoms with E-state index in [-0.39, 0.29) is 35.0 Å². The Kier molecular flexibility index (Phi) is 7.57. The summed E-state index contributed by atoms with van der Waals surface area (Å²) in [4.78, 5) is 18.2. The largest absolute Gasteiger partial charge is 0.492 e. The number of hydrogen-bond donors (Lipinski definition) is 0. The fourth-order valence-corrected chi connectivity index (χ4v) is 5.32. The van der Waals surface area contributed by atoms with Crippen LogP contribution in [-0.2, 0) is 14.8 Å². The van der Waals surface area contributed by atoms with Crippen LogP contribution >= 0.6 is 23.2 Å². The minimum absolute atomic E-state index is 0.00657. The zero-order valence-corrected chi connectivity index (χ0v) is 18.8. The van der Waals surface area contributed by atoms with Gasteiger partial charge in [0.05, 0.1) is 6.54 Å². The van der Waals surface area contributed by atoms with Gasteiger partial charge in [0.25, 0.3) is 0 Å². The van der Waals surface area contributed by atoms with Crippen LogP contribution in [0.25, 0.3) is 0 Å². The van der Waals surface area contributed by atoms with Crippen LogP contribution in [0.4, 0.5) is 0 Å². The number of rotatable bonds is 7. The minimum Gasteiger partial charge on any atom is -0.492 e. The average Bonchev–Trinajstić information content (AvgIpc) is 2.75. The molecule has 0 bridgehead atoms. The lowest BCUT2D eigenvalue weighted by Gasteiger charge is -2.32. The summed E-state index contributed by atoms with van der Waals surface area (Å²) in [5, 5.41) is 0.588. The molecule has 1 aliphatic heterocycles. The van der Waals surface area contributed by atoms with Crippen LogP contribution in [0.2, 0.25) is 10.2 Å². The fraction of sp³-hybridized carbons (Fsp3) is 0.400. The van der Waals surface area contributed by atoms with Crippen LogP contribution in [0.5, 0.6) is 5.75 Å². The second-order valence-corrected chi connectivity index (χ2v) is 9.73. The maximum absolute atomic E-state index is 12.8. The molecule has 1 aliphatic rings. The Morgan fingerprint density at radius 3 is 2.50 bits per heavy atom. The Morgan fingerprint density at radius 1 is 1.20 bits per heavy atom. The van der Waals surface area contributed by atoms with Crippen LogP contribution in [0.3, 0.4) is 0 Å². The molecule has 10 heteroatoms. The number of likely N-dealkylation sites (N-methyl/N-ethyl adjacent to an activating group) is 1. The molecule has 3 rings (SSSR count). The number of sulfonamides is 1. The lowest BCUT2D eigenvalue weighted by molar-refractivity contribution is -0.135. The number of carbonyl (C=O) groups excluding carboxylic acids is 1. The van der Waals surface area contributed by atoms with Crippen molar-refractivity contribution in [1.82, 2.24) is 14.2 Å². The molecule has 1 aromatic heterocycles. The number of ether oxygens (including phenoxy) is 1. The van der Waals surface area contributed by atoms with Gasteiger partial charge in [-0.3, -0.25) is 4.79 Å². The lowest BCUT2D eigenvalue weighted by Crippen LogP contribution is -2.44. The molecule has 0 atom stereocenters. The van der Waals surface area contributed by atoms with E-state index in [1.807, 2.05) is 0 Å². The van der Waals surface area contributed by atoms with Gasteiger partial charge in [0, 0.05) is 37.3 Å². The Morgan fingerprint density at radius 2 is 1.87 bits per heavy atom. The van der Waals surface area contributed by atoms with Crippen molar-refractivity contribution in [1.29, 1.82) is 0 Å². The van der Waals surface area contributed by atoms with Crippen LogP contribution in [0, 0.1) is 5.92 Å². The first-order valence-electron chi connectivity index (χ1n) is 9.53. The number of piperidine rings is 1. The van der Waals surface area contributed by atoms with E-state index < -0.39 is 10.0 Å². The van der Waals surface area contributed by atoms with Gasteiger partial charge in [-0.25, -0.2) is 13.4 Å². The number of nitrogens with zero attached hydrogens (tertiary/aromatic N) is 3. The van der Waals surface area contributed by atoms with E-state index in [0.717, 1.165) is 0 Å². The molecule has 2 heterocycles. The number of hydrogen-bond acceptors (Lipinski definition) is 5. The number of benzene rings is 1. The number of pyridine rings is 1. The average molecular weight is 472 g/mol. The maximum Gasteiger partial charge on any atom is 0.246 e. The van der Waals surface area contributed by atoms with Gasteiger partial charge in [-0.2, -0.15) is 4.31 Å². The highest BCUT2D eigenvalue weighted by Gasteiger charge is 2.34. The number of halogens is 2. The summed E-state index contributed by atoms with van der Waals surface area (Å²) < 4.78 is 32.6. The Balaban J connectivity index is 1.49. The summed E-state index contributed by atoms with van der Waals surface area (Å²) in [5.41, 5.74) is 0. The molecule has 0 N–H and O–H groups in total. The van der Waals surface area contributed by atoms with E-state index in [4.69, 9.17) is 27.9 Å². The highest BCUT2D eigenvalue weighted by molar-refractivity contribution is 7.89. The molecule has 162 valence electrons. The molecule has 30 heavy (non-hydrogen) atoms. The smallest absolute Gasteiger partial charge is 0.246 e. The van der Waals surface area contributed by atoms with Gasteiger partial charge in [-0.15, -0.1) is 0 Å². The Labute approximate surface area is 186 Å². The van der Waals surface area contributed by atoms with E-state index >= 15 is 0 Å². The van der Waals surface area contributed by atoms with Crippen LogP contribution in [0.15, 0.2) is 47.5 Å². The maximum atomic E-state index is 12.8. The molecule has 0 spiro atoms. The number of aromatic nitrogens is 1. The highest BCUT2D eigenvalue weighted by Crippen LogP contribution is 2.27. The molecule has 1 fully saturated rings. The van der Waals surface area contributed by atoms with Crippen molar-refractivity contribution in [3.8, 4) is 5.75 Å². The standard InChI is InChI=1S/C20H23Cl2N3O4S/c1-24(13-14-29-17-6-4-16(21)5-7-17)20(26)15-8-11-25(12-9-15)30(27,28)18-3-2-10-23-19(18)22/h2-7,10,15H,8-9,11-14H2,1H3. The molecule has 2 aromatic rings. The topological polar surface area (TPSA) is 79.8 Å². The molecule has 1 saturated heterocycles. The van der Waals surface area contributed by atoms with Crippen molar-refractivity contribution in [3.63, 3.8) is 0 Å². The summed E-state index contributed by atoms with van der Waals surface area (Å²) in [6, 6.07) is 10.0. The third-order valence-corrected chi connectivity index (χ3v) is 7.63. The third-order valence-electron chi connectivity index (χ3n) is 5.03. The molecule has 0 aliphatic carbocycles. The van der Waals surface area contributed by atoms with Crippen molar-refractivity contribution >= 4 is 39.1 Å². The van der Waals surface area contributed by atoms with Crippen LogP contribution in [-0.4, -0.2) is 61.8 Å². The van der Waals surface area contributed by atoms with Gasteiger partial charge >= 0.3 is 0 Å². The van der Waals surface area contributed by atoms with Crippen LogP contribution in [0.1, 0.15) is 12.8 Å². The predicted molar refractivity (Wildman–Crippen MR) is 115 cm³/mol. The van der Waals surface area contributed by atoms with Gasteiger partial charge in [0.2, 0.25) is 15.9 Å². The van der Waals surface area contributed by atoms with E-state index in [2.05, 4.69) is 4.98 Å². The fourth-order valence-electron chi connectivity index (χ4n) is 3.30. The van der Waals surface area contributed by atoms with Crippen molar-refractivity contribution < 1.29 is 17.9 Å². The molecule has 1 aromatic carbocycles. The summed E-state index contributed by atoms with van der Waals surface area (Å²) in [6.07, 6.45) is 2.36. The van der Waals surface area contributed by atoms with E-state index in [1.165, 1.54) is 22.6 Å². The highest BCUT2D eigenvalue weighted by atomic mass is 35.5. The SMILES string of the molecule is CN(CCOc1ccc(Cl)cc1)C(=O)C1CCN(S(=O)(=O)c2cccnc2Cl)CC1. The van der Waals surface area contributed by atoms with Crippen molar-refractivity contribution in [3.05, 3.63) is 52.8 Å². The van der Waals surface area contributed by atoms with Crippen molar-refractivity contribution in [2.75, 3.05) is 33.3 Å². The summed E-state index contributed by atoms with van der Waals surface area (Å²) >= 11 is 11.8.